The van der Waals surface area contributed by atoms with Gasteiger partial charge in [0.15, 0.2) is 0 Å². The Labute approximate surface area is 80.5 Å². The molecule has 0 fully saturated rings. The Bertz CT molecular complexity index is 390. The van der Waals surface area contributed by atoms with Gasteiger partial charge >= 0.3 is 5.69 Å². The minimum Gasteiger partial charge on any atom is -0.496 e. The van der Waals surface area contributed by atoms with Crippen molar-refractivity contribution in [1.29, 1.82) is 0 Å². The fraction of sp³-hybridized carbons (Fsp3) is 0.333. The van der Waals surface area contributed by atoms with Crippen molar-refractivity contribution in [3.05, 3.63) is 33.1 Å². The third kappa shape index (κ3) is 1.53. The lowest BCUT2D eigenvalue weighted by molar-refractivity contribution is -0.387. The molecule has 1 aromatic rings. The summed E-state index contributed by atoms with van der Waals surface area (Å²) in [5.74, 6) is -0.481. The highest BCUT2D eigenvalue weighted by molar-refractivity contribution is 5.50. The average Bonchev–Trinajstić information content (AvgIpc) is 2.12. The van der Waals surface area contributed by atoms with Crippen molar-refractivity contribution in [3.8, 4) is 5.75 Å². The highest BCUT2D eigenvalue weighted by Crippen LogP contribution is 2.31. The van der Waals surface area contributed by atoms with E-state index in [9.17, 15) is 14.5 Å². The van der Waals surface area contributed by atoms with Crippen molar-refractivity contribution in [3.63, 3.8) is 0 Å². The van der Waals surface area contributed by atoms with E-state index in [0.717, 1.165) is 0 Å². The number of aryl methyl sites for hydroxylation is 1. The second kappa shape index (κ2) is 3.61. The lowest BCUT2D eigenvalue weighted by atomic mass is 10.1. The second-order valence-corrected chi connectivity index (χ2v) is 2.94. The lowest BCUT2D eigenvalue weighted by Gasteiger charge is -2.08. The SMILES string of the molecule is COc1c(C)cc([N+](=O)[O-])c(F)c1C. The fourth-order valence-corrected chi connectivity index (χ4v) is 1.37. The van der Waals surface area contributed by atoms with E-state index in [0.29, 0.717) is 11.3 Å². The Morgan fingerprint density at radius 3 is 2.50 bits per heavy atom. The van der Waals surface area contributed by atoms with Gasteiger partial charge in [0.25, 0.3) is 0 Å². The molecule has 0 amide bonds. The molecule has 5 heteroatoms. The van der Waals surface area contributed by atoms with Crippen LogP contribution in [0.1, 0.15) is 11.1 Å². The molecule has 1 aromatic carbocycles. The van der Waals surface area contributed by atoms with Crippen LogP contribution in [0.5, 0.6) is 5.75 Å². The number of halogens is 1. The maximum absolute atomic E-state index is 13.4. The smallest absolute Gasteiger partial charge is 0.305 e. The molecule has 76 valence electrons. The number of nitro groups is 1. The van der Waals surface area contributed by atoms with Gasteiger partial charge in [0.2, 0.25) is 5.82 Å². The molecule has 0 radical (unpaired) electrons. The van der Waals surface area contributed by atoms with Crippen LogP contribution in [0, 0.1) is 29.8 Å². The average molecular weight is 199 g/mol. The van der Waals surface area contributed by atoms with Gasteiger partial charge in [-0.1, -0.05) is 0 Å². The van der Waals surface area contributed by atoms with E-state index in [1.165, 1.54) is 20.1 Å². The topological polar surface area (TPSA) is 52.4 Å². The summed E-state index contributed by atoms with van der Waals surface area (Å²) < 4.78 is 18.3. The van der Waals surface area contributed by atoms with Crippen LogP contribution in [0.4, 0.5) is 10.1 Å². The highest BCUT2D eigenvalue weighted by atomic mass is 19.1. The number of rotatable bonds is 2. The number of ether oxygens (including phenoxy) is 1. The quantitative estimate of drug-likeness (QED) is 0.542. The summed E-state index contributed by atoms with van der Waals surface area (Å²) in [6.07, 6.45) is 0. The molecule has 0 atom stereocenters. The van der Waals surface area contributed by atoms with Crippen LogP contribution >= 0.6 is 0 Å². The summed E-state index contributed by atoms with van der Waals surface area (Å²) in [5, 5.41) is 10.5. The third-order valence-electron chi connectivity index (χ3n) is 2.01. The van der Waals surface area contributed by atoms with E-state index in [1.807, 2.05) is 0 Å². The molecule has 0 spiro atoms. The number of nitro benzene ring substituents is 1. The molecule has 0 bridgehead atoms. The molecule has 0 saturated carbocycles. The molecule has 0 N–H and O–H groups in total. The summed E-state index contributed by atoms with van der Waals surface area (Å²) in [6.45, 7) is 3.09. The fourth-order valence-electron chi connectivity index (χ4n) is 1.37. The van der Waals surface area contributed by atoms with Crippen LogP contribution < -0.4 is 4.74 Å². The Morgan fingerprint density at radius 2 is 2.07 bits per heavy atom. The third-order valence-corrected chi connectivity index (χ3v) is 2.01. The zero-order chi connectivity index (χ0) is 10.9. The Kier molecular flexibility index (Phi) is 2.69. The number of nitrogens with zero attached hydrogens (tertiary/aromatic N) is 1. The van der Waals surface area contributed by atoms with Crippen molar-refractivity contribution in [1.82, 2.24) is 0 Å². The standard InChI is InChI=1S/C9H10FNO3/c1-5-4-7(11(12)13)8(10)6(2)9(5)14-3/h4H,1-3H3. The highest BCUT2D eigenvalue weighted by Gasteiger charge is 2.21. The molecule has 0 heterocycles. The molecule has 4 nitrogen and oxygen atoms in total. The van der Waals surface area contributed by atoms with Gasteiger partial charge in [-0.2, -0.15) is 4.39 Å². The van der Waals surface area contributed by atoms with Gasteiger partial charge < -0.3 is 4.74 Å². The number of hydrogen-bond acceptors (Lipinski definition) is 3. The minimum atomic E-state index is -0.836. The van der Waals surface area contributed by atoms with Crippen molar-refractivity contribution >= 4 is 5.69 Å². The predicted molar refractivity (Wildman–Crippen MR) is 49.1 cm³/mol. The maximum Gasteiger partial charge on any atom is 0.305 e. The molecule has 0 aromatic heterocycles. The largest absolute Gasteiger partial charge is 0.496 e. The van der Waals surface area contributed by atoms with Gasteiger partial charge in [-0.25, -0.2) is 0 Å². The monoisotopic (exact) mass is 199 g/mol. The van der Waals surface area contributed by atoms with Gasteiger partial charge in [0.05, 0.1) is 12.0 Å². The zero-order valence-electron chi connectivity index (χ0n) is 8.13. The first-order chi connectivity index (χ1) is 6.49. The van der Waals surface area contributed by atoms with Gasteiger partial charge in [0, 0.05) is 11.6 Å². The summed E-state index contributed by atoms with van der Waals surface area (Å²) in [6, 6.07) is 1.17. The first-order valence-corrected chi connectivity index (χ1v) is 3.97. The molecule has 0 unspecified atom stereocenters. The van der Waals surface area contributed by atoms with Crippen LogP contribution in [-0.4, -0.2) is 12.0 Å². The van der Waals surface area contributed by atoms with Crippen molar-refractivity contribution in [2.75, 3.05) is 7.11 Å². The van der Waals surface area contributed by atoms with Crippen LogP contribution in [0.3, 0.4) is 0 Å². The number of benzene rings is 1. The Balaban J connectivity index is 3.47. The Hall–Kier alpha value is -1.65. The summed E-state index contributed by atoms with van der Waals surface area (Å²) in [5.41, 5.74) is 0.207. The van der Waals surface area contributed by atoms with Crippen LogP contribution in [-0.2, 0) is 0 Å². The molecule has 1 rings (SSSR count). The van der Waals surface area contributed by atoms with Crippen LogP contribution in [0.15, 0.2) is 6.07 Å². The van der Waals surface area contributed by atoms with E-state index < -0.39 is 16.4 Å². The summed E-state index contributed by atoms with van der Waals surface area (Å²) in [4.78, 5) is 9.71. The lowest BCUT2D eigenvalue weighted by Crippen LogP contribution is -1.99. The van der Waals surface area contributed by atoms with E-state index >= 15 is 0 Å². The van der Waals surface area contributed by atoms with Gasteiger partial charge in [-0.3, -0.25) is 10.1 Å². The normalized spacial score (nSPS) is 10.0. The van der Waals surface area contributed by atoms with Crippen molar-refractivity contribution in [2.24, 2.45) is 0 Å². The summed E-state index contributed by atoms with van der Waals surface area (Å²) in [7, 11) is 1.40. The first-order valence-electron chi connectivity index (χ1n) is 3.97. The minimum absolute atomic E-state index is 0.166. The molecular weight excluding hydrogens is 189 g/mol. The van der Waals surface area contributed by atoms with Gasteiger partial charge in [0.1, 0.15) is 5.75 Å². The van der Waals surface area contributed by atoms with Gasteiger partial charge in [-0.05, 0) is 19.4 Å². The van der Waals surface area contributed by atoms with E-state index in [1.54, 1.807) is 6.92 Å². The van der Waals surface area contributed by atoms with Crippen LogP contribution in [0.25, 0.3) is 0 Å². The Morgan fingerprint density at radius 1 is 1.50 bits per heavy atom. The first kappa shape index (κ1) is 10.4. The predicted octanol–water partition coefficient (Wildman–Crippen LogP) is 2.36. The zero-order valence-corrected chi connectivity index (χ0v) is 8.13. The summed E-state index contributed by atoms with van der Waals surface area (Å²) >= 11 is 0. The molecule has 14 heavy (non-hydrogen) atoms. The van der Waals surface area contributed by atoms with Crippen molar-refractivity contribution in [2.45, 2.75) is 13.8 Å². The molecule has 0 aliphatic rings. The van der Waals surface area contributed by atoms with E-state index in [-0.39, 0.29) is 5.56 Å². The molecule has 0 saturated heterocycles. The van der Waals surface area contributed by atoms with E-state index in [2.05, 4.69) is 0 Å². The van der Waals surface area contributed by atoms with Crippen molar-refractivity contribution < 1.29 is 14.1 Å². The van der Waals surface area contributed by atoms with Crippen LogP contribution in [0.2, 0.25) is 0 Å². The molecule has 0 aliphatic heterocycles. The number of hydrogen-bond donors (Lipinski definition) is 0. The maximum atomic E-state index is 13.4. The molecular formula is C9H10FNO3. The number of methoxy groups -OCH3 is 1. The second-order valence-electron chi connectivity index (χ2n) is 2.94. The van der Waals surface area contributed by atoms with E-state index in [4.69, 9.17) is 4.74 Å². The molecule has 0 aliphatic carbocycles. The van der Waals surface area contributed by atoms with Gasteiger partial charge in [-0.15, -0.1) is 0 Å².